The van der Waals surface area contributed by atoms with Crippen LogP contribution in [0.2, 0.25) is 0 Å². The molecule has 0 spiro atoms. The first-order valence-electron chi connectivity index (χ1n) is 8.03. The van der Waals surface area contributed by atoms with Crippen LogP contribution in [0.25, 0.3) is 0 Å². The van der Waals surface area contributed by atoms with Crippen LogP contribution in [0.5, 0.6) is 0 Å². The van der Waals surface area contributed by atoms with E-state index in [0.717, 1.165) is 19.3 Å². The molecule has 1 aliphatic rings. The highest BCUT2D eigenvalue weighted by molar-refractivity contribution is 5.84. The number of hydrogen-bond donors (Lipinski definition) is 0. The third-order valence-corrected chi connectivity index (χ3v) is 3.69. The first-order valence-corrected chi connectivity index (χ1v) is 8.03. The molecule has 2 amide bonds. The molecule has 0 aliphatic carbocycles. The fourth-order valence-electron chi connectivity index (χ4n) is 2.37. The van der Waals surface area contributed by atoms with Crippen molar-refractivity contribution in [2.45, 2.75) is 38.5 Å². The number of hydrogen-bond acceptors (Lipinski definition) is 6. The van der Waals surface area contributed by atoms with Crippen molar-refractivity contribution in [3.8, 4) is 12.1 Å². The first-order chi connectivity index (χ1) is 11.6. The van der Waals surface area contributed by atoms with Crippen molar-refractivity contribution in [2.75, 3.05) is 32.8 Å². The fourth-order valence-corrected chi connectivity index (χ4v) is 2.37. The van der Waals surface area contributed by atoms with Crippen LogP contribution >= 0.6 is 0 Å². The minimum Gasteiger partial charge on any atom is -0.454 e. The lowest BCUT2D eigenvalue weighted by atomic mass is 10.2. The van der Waals surface area contributed by atoms with Crippen LogP contribution in [0.3, 0.4) is 0 Å². The van der Waals surface area contributed by atoms with E-state index in [1.807, 2.05) is 12.1 Å². The molecule has 0 N–H and O–H groups in total. The number of esters is 1. The molecule has 1 fully saturated rings. The van der Waals surface area contributed by atoms with Crippen molar-refractivity contribution in [3.63, 3.8) is 0 Å². The lowest BCUT2D eigenvalue weighted by Crippen LogP contribution is -2.39. The summed E-state index contributed by atoms with van der Waals surface area (Å²) in [5, 5.41) is 17.2. The van der Waals surface area contributed by atoms with Gasteiger partial charge in [-0.3, -0.25) is 14.4 Å². The molecular weight excluding hydrogens is 312 g/mol. The van der Waals surface area contributed by atoms with E-state index >= 15 is 0 Å². The summed E-state index contributed by atoms with van der Waals surface area (Å²) >= 11 is 0. The summed E-state index contributed by atoms with van der Waals surface area (Å²) in [6.07, 6.45) is 3.37. The average molecular weight is 334 g/mol. The van der Waals surface area contributed by atoms with Gasteiger partial charge in [-0.25, -0.2) is 0 Å². The zero-order chi connectivity index (χ0) is 17.8. The van der Waals surface area contributed by atoms with Crippen LogP contribution in [0.4, 0.5) is 0 Å². The average Bonchev–Trinajstić information content (AvgIpc) is 2.77. The largest absolute Gasteiger partial charge is 0.454 e. The Hall–Kier alpha value is -2.61. The number of ether oxygens (including phenoxy) is 1. The molecule has 0 bridgehead atoms. The zero-order valence-electron chi connectivity index (χ0n) is 13.7. The van der Waals surface area contributed by atoms with Crippen LogP contribution in [0.15, 0.2) is 0 Å². The van der Waals surface area contributed by atoms with Crippen molar-refractivity contribution in [1.82, 2.24) is 9.80 Å². The molecule has 1 heterocycles. The third-order valence-electron chi connectivity index (χ3n) is 3.69. The Balaban J connectivity index is 2.42. The molecule has 0 unspecified atom stereocenters. The van der Waals surface area contributed by atoms with Gasteiger partial charge in [0, 0.05) is 26.1 Å². The summed E-state index contributed by atoms with van der Waals surface area (Å²) in [5.74, 6) is -1.14. The SMILES string of the molecule is N#CCCN(CCC#N)C(=O)COC(=O)CN1CCCCCC1=O. The van der Waals surface area contributed by atoms with E-state index in [9.17, 15) is 14.4 Å². The van der Waals surface area contributed by atoms with Gasteiger partial charge >= 0.3 is 5.97 Å². The van der Waals surface area contributed by atoms with Crippen molar-refractivity contribution < 1.29 is 19.1 Å². The van der Waals surface area contributed by atoms with Crippen molar-refractivity contribution in [3.05, 3.63) is 0 Å². The molecule has 0 aromatic heterocycles. The van der Waals surface area contributed by atoms with Crippen LogP contribution < -0.4 is 0 Å². The van der Waals surface area contributed by atoms with Crippen LogP contribution in [-0.4, -0.2) is 60.4 Å². The lowest BCUT2D eigenvalue weighted by molar-refractivity contribution is -0.154. The van der Waals surface area contributed by atoms with Gasteiger partial charge in [-0.2, -0.15) is 10.5 Å². The van der Waals surface area contributed by atoms with E-state index in [4.69, 9.17) is 15.3 Å². The molecule has 0 saturated carbocycles. The second kappa shape index (κ2) is 11.0. The number of rotatable bonds is 8. The molecule has 1 saturated heterocycles. The maximum Gasteiger partial charge on any atom is 0.326 e. The number of carbonyl (C=O) groups is 3. The Morgan fingerprint density at radius 1 is 1.12 bits per heavy atom. The Morgan fingerprint density at radius 3 is 2.42 bits per heavy atom. The molecule has 8 heteroatoms. The monoisotopic (exact) mass is 334 g/mol. The van der Waals surface area contributed by atoms with Gasteiger partial charge in [-0.05, 0) is 12.8 Å². The van der Waals surface area contributed by atoms with Crippen molar-refractivity contribution >= 4 is 17.8 Å². The highest BCUT2D eigenvalue weighted by atomic mass is 16.5. The standard InChI is InChI=1S/C16H22N4O4/c17-7-4-10-19(11-5-8-18)15(22)13-24-16(23)12-20-9-3-1-2-6-14(20)21/h1-6,9-13H2. The van der Waals surface area contributed by atoms with E-state index < -0.39 is 18.5 Å². The Bertz CT molecular complexity index is 517. The molecular formula is C16H22N4O4. The summed E-state index contributed by atoms with van der Waals surface area (Å²) in [5.41, 5.74) is 0. The van der Waals surface area contributed by atoms with Gasteiger partial charge in [0.2, 0.25) is 5.91 Å². The van der Waals surface area contributed by atoms with E-state index in [0.29, 0.717) is 13.0 Å². The number of amides is 2. The van der Waals surface area contributed by atoms with E-state index in [2.05, 4.69) is 0 Å². The molecule has 8 nitrogen and oxygen atoms in total. The summed E-state index contributed by atoms with van der Waals surface area (Å²) in [6.45, 7) is 0.316. The van der Waals surface area contributed by atoms with Gasteiger partial charge in [0.1, 0.15) is 6.54 Å². The quantitative estimate of drug-likeness (QED) is 0.600. The van der Waals surface area contributed by atoms with Gasteiger partial charge in [0.25, 0.3) is 5.91 Å². The van der Waals surface area contributed by atoms with Gasteiger partial charge in [-0.1, -0.05) is 6.42 Å². The predicted molar refractivity (Wildman–Crippen MR) is 83.0 cm³/mol. The van der Waals surface area contributed by atoms with Crippen molar-refractivity contribution in [2.24, 2.45) is 0 Å². The molecule has 1 aliphatic heterocycles. The van der Waals surface area contributed by atoms with Gasteiger partial charge in [0.15, 0.2) is 6.61 Å². The molecule has 0 aromatic carbocycles. The van der Waals surface area contributed by atoms with Crippen LogP contribution in [0.1, 0.15) is 38.5 Å². The Labute approximate surface area is 141 Å². The Morgan fingerprint density at radius 2 is 1.79 bits per heavy atom. The molecule has 24 heavy (non-hydrogen) atoms. The van der Waals surface area contributed by atoms with Gasteiger partial charge in [0.05, 0.1) is 25.0 Å². The fraction of sp³-hybridized carbons (Fsp3) is 0.688. The van der Waals surface area contributed by atoms with E-state index in [-0.39, 0.29) is 38.4 Å². The number of nitriles is 2. The number of nitrogens with zero attached hydrogens (tertiary/aromatic N) is 4. The predicted octanol–water partition coefficient (Wildman–Crippen LogP) is 0.588. The molecule has 0 aromatic rings. The second-order valence-electron chi connectivity index (χ2n) is 5.48. The summed E-state index contributed by atoms with van der Waals surface area (Å²) in [4.78, 5) is 38.5. The maximum atomic E-state index is 12.0. The highest BCUT2D eigenvalue weighted by Crippen LogP contribution is 2.10. The maximum absolute atomic E-state index is 12.0. The number of carbonyl (C=O) groups excluding carboxylic acids is 3. The van der Waals surface area contributed by atoms with Crippen molar-refractivity contribution in [1.29, 1.82) is 10.5 Å². The zero-order valence-corrected chi connectivity index (χ0v) is 13.7. The van der Waals surface area contributed by atoms with Crippen LogP contribution in [0, 0.1) is 22.7 Å². The summed E-state index contributed by atoms with van der Waals surface area (Å²) in [7, 11) is 0. The normalized spacial score (nSPS) is 14.2. The Kier molecular flexibility index (Phi) is 8.91. The van der Waals surface area contributed by atoms with Gasteiger partial charge < -0.3 is 14.5 Å². The topological polar surface area (TPSA) is 114 Å². The minimum absolute atomic E-state index is 0.0690. The summed E-state index contributed by atoms with van der Waals surface area (Å²) < 4.78 is 4.95. The molecule has 1 rings (SSSR count). The summed E-state index contributed by atoms with van der Waals surface area (Å²) in [6, 6.07) is 3.86. The van der Waals surface area contributed by atoms with E-state index in [1.54, 1.807) is 0 Å². The van der Waals surface area contributed by atoms with E-state index in [1.165, 1.54) is 9.80 Å². The number of likely N-dealkylation sites (tertiary alicyclic amines) is 1. The second-order valence-corrected chi connectivity index (χ2v) is 5.48. The first kappa shape index (κ1) is 19.4. The van der Waals surface area contributed by atoms with Gasteiger partial charge in [-0.15, -0.1) is 0 Å². The highest BCUT2D eigenvalue weighted by Gasteiger charge is 2.21. The molecule has 0 atom stereocenters. The third kappa shape index (κ3) is 7.10. The lowest BCUT2D eigenvalue weighted by Gasteiger charge is -2.21. The smallest absolute Gasteiger partial charge is 0.326 e. The van der Waals surface area contributed by atoms with Crippen LogP contribution in [-0.2, 0) is 19.1 Å². The molecule has 0 radical (unpaired) electrons. The molecule has 130 valence electrons. The minimum atomic E-state index is -0.626.